The summed E-state index contributed by atoms with van der Waals surface area (Å²) in [4.78, 5) is 22.6. The van der Waals surface area contributed by atoms with E-state index in [1.54, 1.807) is 12.6 Å². The van der Waals surface area contributed by atoms with Crippen molar-refractivity contribution in [2.45, 2.75) is 32.1 Å². The van der Waals surface area contributed by atoms with E-state index in [1.807, 2.05) is 42.5 Å². The fraction of sp³-hybridized carbons (Fsp3) is 0.238. The van der Waals surface area contributed by atoms with Crippen LogP contribution in [0.25, 0.3) is 11.0 Å². The molecule has 1 aromatic carbocycles. The molecule has 7 nitrogen and oxygen atoms in total. The first-order valence-corrected chi connectivity index (χ1v) is 9.29. The number of aromatic nitrogens is 2. The number of para-hydroxylation sites is 1. The van der Waals surface area contributed by atoms with Crippen molar-refractivity contribution >= 4 is 16.9 Å². The molecule has 4 aromatic rings. The zero-order valence-corrected chi connectivity index (χ0v) is 15.2. The monoisotopic (exact) mass is 376 g/mol. The minimum absolute atomic E-state index is 0.0406. The van der Waals surface area contributed by atoms with Gasteiger partial charge in [0.2, 0.25) is 5.91 Å². The molecule has 142 valence electrons. The summed E-state index contributed by atoms with van der Waals surface area (Å²) < 4.78 is 11.3. The van der Waals surface area contributed by atoms with E-state index in [1.165, 1.54) is 0 Å². The second-order valence-corrected chi connectivity index (χ2v) is 7.00. The van der Waals surface area contributed by atoms with Crippen molar-refractivity contribution in [1.82, 2.24) is 20.2 Å². The highest BCUT2D eigenvalue weighted by Crippen LogP contribution is 2.26. The Balaban J connectivity index is 1.37. The summed E-state index contributed by atoms with van der Waals surface area (Å²) >= 11 is 0. The number of nitrogens with one attached hydrogen (secondary N) is 2. The number of aromatic amines is 1. The summed E-state index contributed by atoms with van der Waals surface area (Å²) in [5, 5.41) is 4.04. The first kappa shape index (κ1) is 16.8. The Bertz CT molecular complexity index is 1060. The van der Waals surface area contributed by atoms with Crippen LogP contribution in [0.4, 0.5) is 0 Å². The van der Waals surface area contributed by atoms with Gasteiger partial charge in [-0.1, -0.05) is 18.2 Å². The first-order valence-electron chi connectivity index (χ1n) is 9.29. The number of carbonyl (C=O) groups is 1. The Morgan fingerprint density at radius 3 is 3.04 bits per heavy atom. The summed E-state index contributed by atoms with van der Waals surface area (Å²) in [5.74, 6) is 1.53. The van der Waals surface area contributed by atoms with Crippen molar-refractivity contribution in [2.75, 3.05) is 0 Å². The molecule has 1 atom stereocenters. The third-order valence-electron chi connectivity index (χ3n) is 5.15. The predicted octanol–water partition coefficient (Wildman–Crippen LogP) is 2.99. The van der Waals surface area contributed by atoms with Crippen molar-refractivity contribution in [3.05, 3.63) is 78.0 Å². The van der Waals surface area contributed by atoms with E-state index in [4.69, 9.17) is 8.83 Å². The van der Waals surface area contributed by atoms with Crippen LogP contribution in [0.5, 0.6) is 0 Å². The summed E-state index contributed by atoms with van der Waals surface area (Å²) in [6.45, 7) is 1.53. The van der Waals surface area contributed by atoms with Gasteiger partial charge in [-0.3, -0.25) is 9.69 Å². The standard InChI is InChI=1S/C21H20N4O3/c26-21(22-10-15-5-3-7-27-15)19-9-17-18(24-13-23-17)12-25(19)11-16-8-14-4-1-2-6-20(14)28-16/h1-8,13,19H,9-12H2,(H,22,26)(H,23,24). The van der Waals surface area contributed by atoms with Gasteiger partial charge in [0.15, 0.2) is 0 Å². The highest BCUT2D eigenvalue weighted by atomic mass is 16.3. The molecular weight excluding hydrogens is 356 g/mol. The topological polar surface area (TPSA) is 87.3 Å². The van der Waals surface area contributed by atoms with Gasteiger partial charge in [0.25, 0.3) is 0 Å². The lowest BCUT2D eigenvalue weighted by molar-refractivity contribution is -0.127. The summed E-state index contributed by atoms with van der Waals surface area (Å²) in [5.41, 5.74) is 2.85. The SMILES string of the molecule is O=C(NCc1ccco1)C1Cc2nc[nH]c2CN1Cc1cc2ccccc2o1. The first-order chi connectivity index (χ1) is 13.8. The van der Waals surface area contributed by atoms with Gasteiger partial charge in [-0.2, -0.15) is 0 Å². The maximum Gasteiger partial charge on any atom is 0.238 e. The number of amides is 1. The Morgan fingerprint density at radius 1 is 1.25 bits per heavy atom. The molecule has 0 bridgehead atoms. The number of fused-ring (bicyclic) bond motifs is 2. The van der Waals surface area contributed by atoms with Crippen LogP contribution in [0.2, 0.25) is 0 Å². The molecule has 5 rings (SSSR count). The third kappa shape index (κ3) is 3.20. The number of nitrogens with zero attached hydrogens (tertiary/aromatic N) is 2. The van der Waals surface area contributed by atoms with E-state index in [9.17, 15) is 4.79 Å². The van der Waals surface area contributed by atoms with Crippen molar-refractivity contribution < 1.29 is 13.6 Å². The lowest BCUT2D eigenvalue weighted by atomic mass is 10.0. The van der Waals surface area contributed by atoms with Gasteiger partial charge in [0, 0.05) is 18.4 Å². The molecule has 0 saturated carbocycles. The predicted molar refractivity (Wildman–Crippen MR) is 102 cm³/mol. The zero-order chi connectivity index (χ0) is 18.9. The molecule has 0 saturated heterocycles. The van der Waals surface area contributed by atoms with Gasteiger partial charge < -0.3 is 19.1 Å². The second-order valence-electron chi connectivity index (χ2n) is 7.00. The molecule has 1 amide bonds. The Labute approximate surface area is 161 Å². The Kier molecular flexibility index (Phi) is 4.21. The van der Waals surface area contributed by atoms with Crippen LogP contribution in [-0.2, 0) is 30.8 Å². The van der Waals surface area contributed by atoms with E-state index < -0.39 is 0 Å². The molecule has 1 unspecified atom stereocenters. The number of H-pyrrole nitrogens is 1. The number of benzene rings is 1. The van der Waals surface area contributed by atoms with Crippen molar-refractivity contribution in [2.24, 2.45) is 0 Å². The van der Waals surface area contributed by atoms with Crippen molar-refractivity contribution in [1.29, 1.82) is 0 Å². The van der Waals surface area contributed by atoms with Gasteiger partial charge >= 0.3 is 0 Å². The number of carbonyl (C=O) groups excluding carboxylic acids is 1. The maximum absolute atomic E-state index is 12.9. The summed E-state index contributed by atoms with van der Waals surface area (Å²) in [6, 6.07) is 13.3. The molecule has 3 aromatic heterocycles. The molecule has 0 radical (unpaired) electrons. The average Bonchev–Trinajstić information content (AvgIpc) is 3.45. The van der Waals surface area contributed by atoms with Gasteiger partial charge in [-0.05, 0) is 24.3 Å². The van der Waals surface area contributed by atoms with E-state index in [0.717, 1.165) is 33.9 Å². The molecule has 7 heteroatoms. The van der Waals surface area contributed by atoms with E-state index in [0.29, 0.717) is 26.1 Å². The van der Waals surface area contributed by atoms with Gasteiger partial charge in [-0.15, -0.1) is 0 Å². The quantitative estimate of drug-likeness (QED) is 0.559. The molecule has 28 heavy (non-hydrogen) atoms. The van der Waals surface area contributed by atoms with E-state index in [-0.39, 0.29) is 11.9 Å². The molecule has 1 aliphatic rings. The fourth-order valence-corrected chi connectivity index (χ4v) is 3.73. The number of hydrogen-bond donors (Lipinski definition) is 2. The number of hydrogen-bond acceptors (Lipinski definition) is 5. The molecule has 4 heterocycles. The maximum atomic E-state index is 12.9. The largest absolute Gasteiger partial charge is 0.467 e. The molecule has 2 N–H and O–H groups in total. The summed E-state index contributed by atoms with van der Waals surface area (Å²) in [7, 11) is 0. The average molecular weight is 376 g/mol. The van der Waals surface area contributed by atoms with Crippen LogP contribution in [-0.4, -0.2) is 26.8 Å². The third-order valence-corrected chi connectivity index (χ3v) is 5.15. The van der Waals surface area contributed by atoms with E-state index in [2.05, 4.69) is 20.2 Å². The van der Waals surface area contributed by atoms with Gasteiger partial charge in [0.1, 0.15) is 17.1 Å². The molecule has 0 aliphatic carbocycles. The van der Waals surface area contributed by atoms with E-state index >= 15 is 0 Å². The van der Waals surface area contributed by atoms with Crippen molar-refractivity contribution in [3.63, 3.8) is 0 Å². The number of imidazole rings is 1. The number of rotatable bonds is 5. The van der Waals surface area contributed by atoms with Crippen molar-refractivity contribution in [3.8, 4) is 0 Å². The van der Waals surface area contributed by atoms with Crippen LogP contribution < -0.4 is 5.32 Å². The highest BCUT2D eigenvalue weighted by Gasteiger charge is 2.33. The number of furan rings is 2. The molecule has 0 spiro atoms. The minimum atomic E-state index is -0.320. The second kappa shape index (κ2) is 7.01. The van der Waals surface area contributed by atoms with Crippen LogP contribution in [0, 0.1) is 0 Å². The Morgan fingerprint density at radius 2 is 2.18 bits per heavy atom. The molecular formula is C21H20N4O3. The normalized spacial score (nSPS) is 16.9. The smallest absolute Gasteiger partial charge is 0.238 e. The van der Waals surface area contributed by atoms with Crippen LogP contribution in [0.15, 0.2) is 63.9 Å². The minimum Gasteiger partial charge on any atom is -0.467 e. The lowest BCUT2D eigenvalue weighted by Gasteiger charge is -2.33. The van der Waals surface area contributed by atoms with Crippen LogP contribution in [0.1, 0.15) is 22.9 Å². The molecule has 0 fully saturated rings. The van der Waals surface area contributed by atoms with Gasteiger partial charge in [-0.25, -0.2) is 4.98 Å². The van der Waals surface area contributed by atoms with Gasteiger partial charge in [0.05, 0.1) is 43.1 Å². The van der Waals surface area contributed by atoms with Crippen LogP contribution >= 0.6 is 0 Å². The lowest BCUT2D eigenvalue weighted by Crippen LogP contribution is -2.49. The summed E-state index contributed by atoms with van der Waals surface area (Å²) in [6.07, 6.45) is 3.85. The highest BCUT2D eigenvalue weighted by molar-refractivity contribution is 5.82. The Hall–Kier alpha value is -3.32. The van der Waals surface area contributed by atoms with Crippen LogP contribution in [0.3, 0.4) is 0 Å². The molecule has 1 aliphatic heterocycles. The zero-order valence-electron chi connectivity index (χ0n) is 15.2. The fourth-order valence-electron chi connectivity index (χ4n) is 3.73.